The fraction of sp³-hybridized carbons (Fsp3) is 0.529. The number of pyridine rings is 1. The molecule has 0 unspecified atom stereocenters. The lowest BCUT2D eigenvalue weighted by Gasteiger charge is -2.46. The molecule has 1 aliphatic carbocycles. The van der Waals surface area contributed by atoms with Gasteiger partial charge in [0.05, 0.1) is 16.7 Å². The maximum atomic E-state index is 14.0. The number of aryl methyl sites for hydroxylation is 1. The number of piperazine rings is 1. The molecule has 3 N–H and O–H groups in total. The van der Waals surface area contributed by atoms with Crippen molar-refractivity contribution in [2.24, 2.45) is 5.73 Å². The number of hydrogen-bond acceptors (Lipinski definition) is 8. The number of carbonyl (C=O) groups excluding carboxylic acids is 1. The highest BCUT2D eigenvalue weighted by Gasteiger charge is 2.45. The van der Waals surface area contributed by atoms with Crippen LogP contribution in [0.2, 0.25) is 10.0 Å². The number of hydrogen-bond donors (Lipinski definition) is 2. The van der Waals surface area contributed by atoms with Crippen molar-refractivity contribution < 1.29 is 17.9 Å². The Morgan fingerprint density at radius 1 is 1.06 bits per heavy atom. The van der Waals surface area contributed by atoms with E-state index in [4.69, 9.17) is 33.7 Å². The van der Waals surface area contributed by atoms with Crippen molar-refractivity contribution in [1.82, 2.24) is 24.4 Å². The lowest BCUT2D eigenvalue weighted by molar-refractivity contribution is -0.135. The lowest BCUT2D eigenvalue weighted by atomic mass is 10.1. The van der Waals surface area contributed by atoms with Crippen molar-refractivity contribution in [2.45, 2.75) is 75.1 Å². The van der Waals surface area contributed by atoms with Gasteiger partial charge in [-0.25, -0.2) is 13.4 Å². The van der Waals surface area contributed by atoms with Gasteiger partial charge in [-0.2, -0.15) is 4.72 Å². The number of nitrogens with zero attached hydrogens (tertiary/aromatic N) is 4. The summed E-state index contributed by atoms with van der Waals surface area (Å²) in [6.07, 6.45) is 5.68. The zero-order valence-electron chi connectivity index (χ0n) is 27.5. The smallest absolute Gasteiger partial charge is 0.243 e. The zero-order valence-corrected chi connectivity index (χ0v) is 29.8. The van der Waals surface area contributed by atoms with Gasteiger partial charge in [0.1, 0.15) is 22.8 Å². The molecule has 10 nitrogen and oxygen atoms in total. The molecule has 1 aliphatic heterocycles. The predicted molar refractivity (Wildman–Crippen MR) is 187 cm³/mol. The third-order valence-electron chi connectivity index (χ3n) is 9.27. The molecule has 5 rings (SSSR count). The summed E-state index contributed by atoms with van der Waals surface area (Å²) < 4.78 is 37.2. The summed E-state index contributed by atoms with van der Waals surface area (Å²) in [5.41, 5.74) is 7.44. The summed E-state index contributed by atoms with van der Waals surface area (Å²) in [5, 5.41) is 1.26. The fourth-order valence-corrected chi connectivity index (χ4v) is 8.99. The van der Waals surface area contributed by atoms with Crippen molar-refractivity contribution in [1.29, 1.82) is 0 Å². The third kappa shape index (κ3) is 8.39. The summed E-state index contributed by atoms with van der Waals surface area (Å²) in [6.45, 7) is 4.94. The van der Waals surface area contributed by atoms with Crippen LogP contribution in [0.3, 0.4) is 0 Å². The van der Waals surface area contributed by atoms with Crippen LogP contribution in [-0.2, 0) is 21.4 Å². The van der Waals surface area contributed by atoms with Crippen LogP contribution in [0.25, 0.3) is 10.9 Å². The van der Waals surface area contributed by atoms with E-state index in [2.05, 4.69) is 19.5 Å². The molecule has 1 atom stereocenters. The van der Waals surface area contributed by atoms with Crippen LogP contribution in [-0.4, -0.2) is 92.5 Å². The average molecular weight is 706 g/mol. The Hall–Kier alpha value is -2.51. The van der Waals surface area contributed by atoms with Crippen LogP contribution in [0.15, 0.2) is 47.4 Å². The van der Waals surface area contributed by atoms with Crippen molar-refractivity contribution in [3.05, 3.63) is 63.8 Å². The number of nitrogens with two attached hydrogens (primary N) is 1. The van der Waals surface area contributed by atoms with Gasteiger partial charge in [0, 0.05) is 47.8 Å². The number of ether oxygens (including phenoxy) is 1. The Kier molecular flexibility index (Phi) is 11.7. The van der Waals surface area contributed by atoms with Crippen LogP contribution in [0.4, 0.5) is 0 Å². The minimum absolute atomic E-state index is 0.0255. The zero-order chi connectivity index (χ0) is 33.8. The Morgan fingerprint density at radius 2 is 1.79 bits per heavy atom. The second-order valence-electron chi connectivity index (χ2n) is 13.0. The molecule has 2 aromatic carbocycles. The van der Waals surface area contributed by atoms with Crippen molar-refractivity contribution in [3.63, 3.8) is 0 Å². The minimum atomic E-state index is -4.06. The predicted octanol–water partition coefficient (Wildman–Crippen LogP) is 5.18. The molecular weight excluding hydrogens is 659 g/mol. The van der Waals surface area contributed by atoms with Gasteiger partial charge in [-0.15, -0.1) is 0 Å². The number of rotatable bonds is 13. The van der Waals surface area contributed by atoms with E-state index in [1.165, 1.54) is 6.07 Å². The summed E-state index contributed by atoms with van der Waals surface area (Å²) in [5.74, 6) is 0.519. The molecule has 3 aromatic rings. The lowest BCUT2D eigenvalue weighted by Crippen LogP contribution is -2.64. The first-order valence-electron chi connectivity index (χ1n) is 16.3. The van der Waals surface area contributed by atoms with Gasteiger partial charge >= 0.3 is 0 Å². The highest BCUT2D eigenvalue weighted by Crippen LogP contribution is 2.38. The van der Waals surface area contributed by atoms with E-state index in [1.54, 1.807) is 6.07 Å². The van der Waals surface area contributed by atoms with Crippen molar-refractivity contribution >= 4 is 50.0 Å². The molecule has 1 saturated heterocycles. The minimum Gasteiger partial charge on any atom is -0.487 e. The van der Waals surface area contributed by atoms with Gasteiger partial charge in [0.25, 0.3) is 0 Å². The molecule has 13 heteroatoms. The summed E-state index contributed by atoms with van der Waals surface area (Å²) >= 11 is 13.3. The topological polar surface area (TPSA) is 121 Å². The average Bonchev–Trinajstić information content (AvgIpc) is 3.51. The molecule has 2 heterocycles. The number of fused-ring (bicyclic) bond motifs is 1. The maximum absolute atomic E-state index is 14.0. The van der Waals surface area contributed by atoms with Crippen LogP contribution in [0, 0.1) is 6.92 Å². The standard InChI is InChI=1S/C34H46Cl2N6O4S/c1-24-12-13-25-9-8-11-29(32(25)38-24)46-23-26-27(35)14-15-30(31(26)36)47(44,45)39-34(16-5-6-17-34)42-21-19-41(20-22-42)33(43)28(37)10-4-7-18-40(2)3/h8-9,11-15,28,39H,4-7,10,16-23,37H2,1-3H3/t28-/m0/s1. The number of carbonyl (C=O) groups is 1. The number of aromatic nitrogens is 1. The Balaban J connectivity index is 1.27. The van der Waals surface area contributed by atoms with Crippen LogP contribution in [0.1, 0.15) is 56.2 Å². The molecule has 0 radical (unpaired) electrons. The molecule has 1 aromatic heterocycles. The number of sulfonamides is 1. The first kappa shape index (κ1) is 35.8. The van der Waals surface area contributed by atoms with E-state index in [1.807, 2.05) is 56.3 Å². The molecule has 256 valence electrons. The SMILES string of the molecule is Cc1ccc2cccc(OCc3c(Cl)ccc(S(=O)(=O)NC4(N5CCN(C(=O)[C@@H](N)CCCCN(C)C)CC5)CCCC4)c3Cl)c2n1. The Morgan fingerprint density at radius 3 is 2.49 bits per heavy atom. The quantitative estimate of drug-likeness (QED) is 0.234. The van der Waals surface area contributed by atoms with Gasteiger partial charge in [0.15, 0.2) is 0 Å². The molecule has 0 spiro atoms. The van der Waals surface area contributed by atoms with Crippen LogP contribution in [0.5, 0.6) is 5.75 Å². The highest BCUT2D eigenvalue weighted by atomic mass is 35.5. The van der Waals surface area contributed by atoms with Crippen LogP contribution >= 0.6 is 23.2 Å². The van der Waals surface area contributed by atoms with E-state index in [-0.39, 0.29) is 22.4 Å². The molecule has 2 fully saturated rings. The molecule has 2 aliphatic rings. The molecule has 47 heavy (non-hydrogen) atoms. The van der Waals surface area contributed by atoms with Crippen LogP contribution < -0.4 is 15.2 Å². The second-order valence-corrected chi connectivity index (χ2v) is 15.4. The normalized spacial score (nSPS) is 17.8. The fourth-order valence-electron chi connectivity index (χ4n) is 6.65. The monoisotopic (exact) mass is 704 g/mol. The number of nitrogens with one attached hydrogen (secondary N) is 1. The Bertz CT molecular complexity index is 1670. The van der Waals surface area contributed by atoms with Crippen molar-refractivity contribution in [3.8, 4) is 5.75 Å². The number of unbranched alkanes of at least 4 members (excludes halogenated alkanes) is 1. The first-order valence-corrected chi connectivity index (χ1v) is 18.6. The van der Waals surface area contributed by atoms with Gasteiger partial charge in [-0.3, -0.25) is 9.69 Å². The van der Waals surface area contributed by atoms with E-state index < -0.39 is 21.7 Å². The van der Waals surface area contributed by atoms with Gasteiger partial charge in [-0.05, 0) is 77.5 Å². The van der Waals surface area contributed by atoms with E-state index in [0.717, 1.165) is 43.3 Å². The second kappa shape index (κ2) is 15.4. The summed E-state index contributed by atoms with van der Waals surface area (Å²) in [6, 6.07) is 12.0. The molecular formula is C34H46Cl2N6O4S. The van der Waals surface area contributed by atoms with Gasteiger partial charge in [0.2, 0.25) is 15.9 Å². The van der Waals surface area contributed by atoms with E-state index in [0.29, 0.717) is 67.3 Å². The number of para-hydroxylation sites is 1. The number of benzene rings is 2. The highest BCUT2D eigenvalue weighted by molar-refractivity contribution is 7.89. The number of halogens is 2. The summed E-state index contributed by atoms with van der Waals surface area (Å²) in [4.78, 5) is 23.8. The number of amides is 1. The Labute approximate surface area is 288 Å². The van der Waals surface area contributed by atoms with Gasteiger partial charge in [-0.1, -0.05) is 60.7 Å². The first-order chi connectivity index (χ1) is 22.4. The third-order valence-corrected chi connectivity index (χ3v) is 11.7. The molecule has 1 saturated carbocycles. The largest absolute Gasteiger partial charge is 0.487 e. The summed E-state index contributed by atoms with van der Waals surface area (Å²) in [7, 11) is 0.00488. The molecule has 0 bridgehead atoms. The molecule has 1 amide bonds. The van der Waals surface area contributed by atoms with E-state index >= 15 is 0 Å². The van der Waals surface area contributed by atoms with Crippen molar-refractivity contribution in [2.75, 3.05) is 46.8 Å². The van der Waals surface area contributed by atoms with Gasteiger partial charge < -0.3 is 20.3 Å². The van der Waals surface area contributed by atoms with E-state index in [9.17, 15) is 13.2 Å². The maximum Gasteiger partial charge on any atom is 0.243 e.